The van der Waals surface area contributed by atoms with E-state index < -0.39 is 16.0 Å². The summed E-state index contributed by atoms with van der Waals surface area (Å²) in [7, 11) is -2.38. The zero-order valence-electron chi connectivity index (χ0n) is 27.3. The van der Waals surface area contributed by atoms with E-state index in [0.29, 0.717) is 24.5 Å². The van der Waals surface area contributed by atoms with Crippen LogP contribution in [0.1, 0.15) is 85.8 Å². The number of anilines is 1. The second-order valence-electron chi connectivity index (χ2n) is 11.5. The standard InChI is InChI=1S/C33H50N2O7S/c1-10-32(5,6)24-15-17-28(26(21-24)33(7,8)11-2)42-20-14-19-34-43(37,38)25-16-18-29(39-9)27(22-25)35-30(40-12-3)23-31(36)41-13-4/h15-18,21-23,34-35H,10-14,19-20H2,1-9H3/b30-23-. The number of nitrogens with one attached hydrogen (secondary N) is 2. The molecule has 0 bridgehead atoms. The zero-order valence-corrected chi connectivity index (χ0v) is 28.1. The molecule has 0 fully saturated rings. The van der Waals surface area contributed by atoms with Gasteiger partial charge in [0.25, 0.3) is 0 Å². The number of sulfonamides is 1. The molecule has 9 nitrogen and oxygen atoms in total. The molecule has 0 aliphatic rings. The van der Waals surface area contributed by atoms with Crippen LogP contribution in [-0.2, 0) is 35.1 Å². The quantitative estimate of drug-likeness (QED) is 0.0825. The molecule has 0 aliphatic carbocycles. The maximum Gasteiger partial charge on any atom is 0.336 e. The van der Waals surface area contributed by atoms with E-state index in [1.807, 2.05) is 6.07 Å². The van der Waals surface area contributed by atoms with Gasteiger partial charge < -0.3 is 24.3 Å². The molecule has 0 amide bonds. The highest BCUT2D eigenvalue weighted by Gasteiger charge is 2.26. The van der Waals surface area contributed by atoms with Gasteiger partial charge in [-0.1, -0.05) is 53.7 Å². The third-order valence-corrected chi connectivity index (χ3v) is 9.16. The predicted octanol–water partition coefficient (Wildman–Crippen LogP) is 6.67. The fourth-order valence-electron chi connectivity index (χ4n) is 4.19. The van der Waals surface area contributed by atoms with Crippen LogP contribution in [0.2, 0.25) is 0 Å². The zero-order chi connectivity index (χ0) is 32.3. The van der Waals surface area contributed by atoms with Gasteiger partial charge in [-0.25, -0.2) is 17.9 Å². The van der Waals surface area contributed by atoms with Gasteiger partial charge in [0.2, 0.25) is 10.0 Å². The topological polar surface area (TPSA) is 112 Å². The van der Waals surface area contributed by atoms with E-state index in [9.17, 15) is 13.2 Å². The van der Waals surface area contributed by atoms with Crippen LogP contribution in [0.5, 0.6) is 11.5 Å². The van der Waals surface area contributed by atoms with E-state index in [2.05, 4.69) is 63.7 Å². The lowest BCUT2D eigenvalue weighted by atomic mass is 9.76. The summed E-state index contributed by atoms with van der Waals surface area (Å²) in [6, 6.07) is 10.9. The Bertz CT molecular complexity index is 1350. The summed E-state index contributed by atoms with van der Waals surface area (Å²) in [6.45, 7) is 17.8. The van der Waals surface area contributed by atoms with Gasteiger partial charge in [-0.3, -0.25) is 0 Å². The van der Waals surface area contributed by atoms with Crippen molar-refractivity contribution in [2.45, 2.75) is 90.4 Å². The largest absolute Gasteiger partial charge is 0.495 e. The lowest BCUT2D eigenvalue weighted by Gasteiger charge is -2.30. The Kier molecular flexibility index (Phi) is 13.4. The molecule has 0 saturated heterocycles. The number of ether oxygens (including phenoxy) is 4. The van der Waals surface area contributed by atoms with E-state index in [0.717, 1.165) is 30.2 Å². The summed E-state index contributed by atoms with van der Waals surface area (Å²) in [6.07, 6.45) is 3.63. The lowest BCUT2D eigenvalue weighted by molar-refractivity contribution is -0.137. The second-order valence-corrected chi connectivity index (χ2v) is 13.2. The Morgan fingerprint density at radius 3 is 2.14 bits per heavy atom. The average molecular weight is 619 g/mol. The van der Waals surface area contributed by atoms with Gasteiger partial charge in [0.05, 0.1) is 43.6 Å². The van der Waals surface area contributed by atoms with Crippen LogP contribution in [0.3, 0.4) is 0 Å². The Morgan fingerprint density at radius 1 is 0.884 bits per heavy atom. The van der Waals surface area contributed by atoms with Crippen molar-refractivity contribution < 1.29 is 32.2 Å². The van der Waals surface area contributed by atoms with Crippen molar-refractivity contribution in [3.63, 3.8) is 0 Å². The maximum atomic E-state index is 13.1. The van der Waals surface area contributed by atoms with Crippen molar-refractivity contribution in [2.75, 3.05) is 38.8 Å². The molecule has 2 aromatic carbocycles. The fourth-order valence-corrected chi connectivity index (χ4v) is 5.29. The Morgan fingerprint density at radius 2 is 1.53 bits per heavy atom. The second kappa shape index (κ2) is 16.0. The third kappa shape index (κ3) is 10.2. The number of esters is 1. The van der Waals surface area contributed by atoms with Crippen LogP contribution in [0.4, 0.5) is 5.69 Å². The number of methoxy groups -OCH3 is 1. The number of carbonyl (C=O) groups is 1. The number of benzene rings is 2. The maximum absolute atomic E-state index is 13.1. The third-order valence-electron chi connectivity index (χ3n) is 7.70. The molecule has 0 heterocycles. The van der Waals surface area contributed by atoms with Crippen molar-refractivity contribution in [1.82, 2.24) is 4.72 Å². The highest BCUT2D eigenvalue weighted by atomic mass is 32.2. The first-order chi connectivity index (χ1) is 20.2. The number of hydrogen-bond acceptors (Lipinski definition) is 8. The fraction of sp³-hybridized carbons (Fsp3) is 0.545. The van der Waals surface area contributed by atoms with Crippen molar-refractivity contribution in [3.05, 3.63) is 59.5 Å². The highest BCUT2D eigenvalue weighted by Crippen LogP contribution is 2.38. The van der Waals surface area contributed by atoms with E-state index in [1.165, 1.54) is 30.9 Å². The van der Waals surface area contributed by atoms with Gasteiger partial charge in [0, 0.05) is 12.1 Å². The molecule has 10 heteroatoms. The van der Waals surface area contributed by atoms with Gasteiger partial charge in [-0.05, 0) is 73.8 Å². The molecular formula is C33H50N2O7S. The minimum absolute atomic E-state index is 0.0322. The van der Waals surface area contributed by atoms with Gasteiger partial charge in [0.1, 0.15) is 11.5 Å². The molecule has 43 heavy (non-hydrogen) atoms. The number of rotatable bonds is 18. The predicted molar refractivity (Wildman–Crippen MR) is 171 cm³/mol. The van der Waals surface area contributed by atoms with Crippen LogP contribution in [-0.4, -0.2) is 47.9 Å². The van der Waals surface area contributed by atoms with Crippen LogP contribution in [0.15, 0.2) is 53.3 Å². The molecule has 0 saturated carbocycles. The number of carbonyl (C=O) groups excluding carboxylic acids is 1. The highest BCUT2D eigenvalue weighted by molar-refractivity contribution is 7.89. The molecular weight excluding hydrogens is 568 g/mol. The molecule has 0 spiro atoms. The SMILES string of the molecule is CCOC(=O)/C=C(/Nc1cc(S(=O)(=O)NCCCOc2ccc(C(C)(C)CC)cc2C(C)(C)CC)ccc1OC)OCC. The molecule has 2 N–H and O–H groups in total. The first-order valence-electron chi connectivity index (χ1n) is 15.0. The molecule has 0 aliphatic heterocycles. The normalized spacial score (nSPS) is 12.5. The summed E-state index contributed by atoms with van der Waals surface area (Å²) in [4.78, 5) is 12.0. The molecule has 0 radical (unpaired) electrons. The first-order valence-corrected chi connectivity index (χ1v) is 16.5. The van der Waals surface area contributed by atoms with Crippen molar-refractivity contribution in [3.8, 4) is 11.5 Å². The average Bonchev–Trinajstić information content (AvgIpc) is 2.97. The van der Waals surface area contributed by atoms with Gasteiger partial charge in [-0.15, -0.1) is 0 Å². The molecule has 0 atom stereocenters. The molecule has 0 unspecified atom stereocenters. The Labute approximate surface area is 258 Å². The summed E-state index contributed by atoms with van der Waals surface area (Å²) >= 11 is 0. The van der Waals surface area contributed by atoms with E-state index >= 15 is 0 Å². The van der Waals surface area contributed by atoms with Crippen molar-refractivity contribution >= 4 is 21.7 Å². The van der Waals surface area contributed by atoms with Crippen molar-refractivity contribution in [2.24, 2.45) is 0 Å². The van der Waals surface area contributed by atoms with Crippen LogP contribution >= 0.6 is 0 Å². The Hall–Kier alpha value is -3.24. The molecule has 2 rings (SSSR count). The summed E-state index contributed by atoms with van der Waals surface area (Å²) in [5.41, 5.74) is 2.76. The van der Waals surface area contributed by atoms with Gasteiger partial charge in [0.15, 0.2) is 5.88 Å². The smallest absolute Gasteiger partial charge is 0.336 e. The summed E-state index contributed by atoms with van der Waals surface area (Å²) < 4.78 is 50.9. The van der Waals surface area contributed by atoms with Crippen LogP contribution in [0, 0.1) is 0 Å². The van der Waals surface area contributed by atoms with E-state index in [4.69, 9.17) is 18.9 Å². The van der Waals surface area contributed by atoms with Gasteiger partial charge in [-0.2, -0.15) is 0 Å². The molecule has 2 aromatic rings. The monoisotopic (exact) mass is 618 g/mol. The van der Waals surface area contributed by atoms with Crippen LogP contribution < -0.4 is 19.5 Å². The minimum atomic E-state index is -3.85. The minimum Gasteiger partial charge on any atom is -0.495 e. The van der Waals surface area contributed by atoms with Gasteiger partial charge >= 0.3 is 5.97 Å². The summed E-state index contributed by atoms with van der Waals surface area (Å²) in [5.74, 6) is 0.727. The van der Waals surface area contributed by atoms with Crippen LogP contribution in [0.25, 0.3) is 0 Å². The lowest BCUT2D eigenvalue weighted by Crippen LogP contribution is -2.26. The molecule has 240 valence electrons. The number of hydrogen-bond donors (Lipinski definition) is 2. The Balaban J connectivity index is 2.13. The molecule has 0 aromatic heterocycles. The first kappa shape index (κ1) is 36.0. The van der Waals surface area contributed by atoms with Crippen molar-refractivity contribution in [1.29, 1.82) is 0 Å². The summed E-state index contributed by atoms with van der Waals surface area (Å²) in [5, 5.41) is 2.94. The van der Waals surface area contributed by atoms with E-state index in [1.54, 1.807) is 13.8 Å². The van der Waals surface area contributed by atoms with E-state index in [-0.39, 0.29) is 41.4 Å².